The van der Waals surface area contributed by atoms with Gasteiger partial charge in [0.25, 0.3) is 0 Å². The number of hydrogen-bond acceptors (Lipinski definition) is 3. The van der Waals surface area contributed by atoms with Crippen molar-refractivity contribution in [1.82, 2.24) is 14.5 Å². The summed E-state index contributed by atoms with van der Waals surface area (Å²) in [6, 6.07) is 17.3. The summed E-state index contributed by atoms with van der Waals surface area (Å²) >= 11 is 0. The molecule has 0 amide bonds. The molecule has 3 aromatic rings. The Bertz CT molecular complexity index is 844. The van der Waals surface area contributed by atoms with Gasteiger partial charge in [-0.1, -0.05) is 30.3 Å². The zero-order valence-electron chi connectivity index (χ0n) is 15.5. The topological polar surface area (TPSA) is 24.3 Å². The molecule has 0 atom stereocenters. The van der Waals surface area contributed by atoms with Crippen LogP contribution >= 0.6 is 0 Å². The quantitative estimate of drug-likeness (QED) is 0.689. The predicted molar refractivity (Wildman–Crippen MR) is 106 cm³/mol. The van der Waals surface area contributed by atoms with Crippen molar-refractivity contribution in [3.63, 3.8) is 0 Å². The van der Waals surface area contributed by atoms with E-state index in [2.05, 4.69) is 43.6 Å². The Hall–Kier alpha value is -2.66. The van der Waals surface area contributed by atoms with Crippen molar-refractivity contribution in [3.05, 3.63) is 84.2 Å². The minimum absolute atomic E-state index is 0.179. The predicted octanol–water partition coefficient (Wildman–Crippen LogP) is 3.78. The van der Waals surface area contributed by atoms with Crippen LogP contribution in [0.25, 0.3) is 0 Å². The van der Waals surface area contributed by atoms with Crippen LogP contribution in [0.3, 0.4) is 0 Å². The van der Waals surface area contributed by atoms with Crippen molar-refractivity contribution in [3.8, 4) is 0 Å². The molecule has 1 aromatic heterocycles. The molecule has 1 fully saturated rings. The molecule has 0 aliphatic carbocycles. The van der Waals surface area contributed by atoms with E-state index in [0.29, 0.717) is 0 Å². The number of anilines is 1. The zero-order chi connectivity index (χ0) is 18.5. The summed E-state index contributed by atoms with van der Waals surface area (Å²) in [6.45, 7) is 5.78. The minimum Gasteiger partial charge on any atom is -0.370 e. The van der Waals surface area contributed by atoms with Gasteiger partial charge in [0, 0.05) is 51.2 Å². The maximum absolute atomic E-state index is 13.2. The smallest absolute Gasteiger partial charge is 0.123 e. The Kier molecular flexibility index (Phi) is 5.49. The molecular formula is C22H25FN4. The molecule has 0 spiro atoms. The highest BCUT2D eigenvalue weighted by atomic mass is 19.1. The number of nitrogens with zero attached hydrogens (tertiary/aromatic N) is 4. The molecule has 0 unspecified atom stereocenters. The molecule has 2 aromatic carbocycles. The van der Waals surface area contributed by atoms with Gasteiger partial charge in [-0.2, -0.15) is 0 Å². The average Bonchev–Trinajstić information content (AvgIpc) is 2.98. The van der Waals surface area contributed by atoms with Crippen LogP contribution in [-0.4, -0.2) is 40.6 Å². The fourth-order valence-electron chi connectivity index (χ4n) is 3.67. The molecular weight excluding hydrogens is 339 g/mol. The molecule has 140 valence electrons. The molecule has 2 heterocycles. The highest BCUT2D eigenvalue weighted by Crippen LogP contribution is 2.18. The lowest BCUT2D eigenvalue weighted by atomic mass is 10.2. The molecule has 0 radical (unpaired) electrons. The third-order valence-corrected chi connectivity index (χ3v) is 5.16. The first-order chi connectivity index (χ1) is 13.3. The number of benzene rings is 2. The van der Waals surface area contributed by atoms with Crippen LogP contribution in [0.1, 0.15) is 17.7 Å². The zero-order valence-corrected chi connectivity index (χ0v) is 15.5. The summed E-state index contributed by atoms with van der Waals surface area (Å²) in [5, 5.41) is 0. The molecule has 4 rings (SSSR count). The lowest BCUT2D eigenvalue weighted by Gasteiger charge is -2.24. The molecule has 1 aliphatic rings. The van der Waals surface area contributed by atoms with Crippen LogP contribution < -0.4 is 4.90 Å². The monoisotopic (exact) mass is 364 g/mol. The Labute approximate surface area is 159 Å². The summed E-state index contributed by atoms with van der Waals surface area (Å²) < 4.78 is 15.4. The number of halogens is 1. The Morgan fingerprint density at radius 1 is 0.852 bits per heavy atom. The van der Waals surface area contributed by atoms with E-state index in [-0.39, 0.29) is 5.82 Å². The Morgan fingerprint density at radius 2 is 1.67 bits per heavy atom. The molecule has 0 N–H and O–H groups in total. The van der Waals surface area contributed by atoms with E-state index in [1.807, 2.05) is 30.7 Å². The van der Waals surface area contributed by atoms with Crippen molar-refractivity contribution in [2.75, 3.05) is 31.1 Å². The van der Waals surface area contributed by atoms with Crippen LogP contribution in [-0.2, 0) is 13.1 Å². The van der Waals surface area contributed by atoms with Crippen LogP contribution in [0.5, 0.6) is 0 Å². The molecule has 0 bridgehead atoms. The summed E-state index contributed by atoms with van der Waals surface area (Å²) in [5.41, 5.74) is 3.64. The van der Waals surface area contributed by atoms with Crippen molar-refractivity contribution in [2.24, 2.45) is 0 Å². The van der Waals surface area contributed by atoms with Gasteiger partial charge < -0.3 is 9.47 Å². The minimum atomic E-state index is -0.179. The van der Waals surface area contributed by atoms with Gasteiger partial charge in [0.2, 0.25) is 0 Å². The maximum atomic E-state index is 13.2. The number of imidazole rings is 1. The average molecular weight is 364 g/mol. The van der Waals surface area contributed by atoms with Crippen LogP contribution in [0.2, 0.25) is 0 Å². The fourth-order valence-corrected chi connectivity index (χ4v) is 3.67. The van der Waals surface area contributed by atoms with Gasteiger partial charge >= 0.3 is 0 Å². The molecule has 1 saturated heterocycles. The normalized spacial score (nSPS) is 15.7. The number of rotatable bonds is 5. The van der Waals surface area contributed by atoms with E-state index in [4.69, 9.17) is 0 Å². The number of aromatic nitrogens is 2. The molecule has 0 saturated carbocycles. The third kappa shape index (κ3) is 4.55. The largest absolute Gasteiger partial charge is 0.370 e. The van der Waals surface area contributed by atoms with E-state index < -0.39 is 0 Å². The highest BCUT2D eigenvalue weighted by Gasteiger charge is 2.17. The molecule has 1 aliphatic heterocycles. The standard InChI is InChI=1S/C22H25FN4/c23-20-7-9-21(10-8-20)26-12-4-11-25(13-14-26)17-22-15-24-18-27(22)16-19-5-2-1-3-6-19/h1-3,5-10,15,18H,4,11-14,16-17H2. The van der Waals surface area contributed by atoms with E-state index in [9.17, 15) is 4.39 Å². The summed E-state index contributed by atoms with van der Waals surface area (Å²) in [7, 11) is 0. The van der Waals surface area contributed by atoms with E-state index in [1.54, 1.807) is 12.1 Å². The molecule has 4 nitrogen and oxygen atoms in total. The van der Waals surface area contributed by atoms with Crippen molar-refractivity contribution in [2.45, 2.75) is 19.5 Å². The first-order valence-electron chi connectivity index (χ1n) is 9.54. The van der Waals surface area contributed by atoms with Gasteiger partial charge in [-0.15, -0.1) is 0 Å². The summed E-state index contributed by atoms with van der Waals surface area (Å²) in [5.74, 6) is -0.179. The summed E-state index contributed by atoms with van der Waals surface area (Å²) in [4.78, 5) is 9.20. The second-order valence-corrected chi connectivity index (χ2v) is 7.09. The molecule has 27 heavy (non-hydrogen) atoms. The van der Waals surface area contributed by atoms with Crippen LogP contribution in [0.15, 0.2) is 67.1 Å². The van der Waals surface area contributed by atoms with Crippen LogP contribution in [0, 0.1) is 5.82 Å². The van der Waals surface area contributed by atoms with Gasteiger partial charge in [0.15, 0.2) is 0 Å². The lowest BCUT2D eigenvalue weighted by Crippen LogP contribution is -2.31. The lowest BCUT2D eigenvalue weighted by molar-refractivity contribution is 0.278. The number of hydrogen-bond donors (Lipinski definition) is 0. The Morgan fingerprint density at radius 3 is 2.48 bits per heavy atom. The van der Waals surface area contributed by atoms with Gasteiger partial charge in [-0.25, -0.2) is 9.37 Å². The van der Waals surface area contributed by atoms with E-state index >= 15 is 0 Å². The first-order valence-corrected chi connectivity index (χ1v) is 9.54. The second-order valence-electron chi connectivity index (χ2n) is 7.09. The third-order valence-electron chi connectivity index (χ3n) is 5.16. The highest BCUT2D eigenvalue weighted by molar-refractivity contribution is 5.46. The fraction of sp³-hybridized carbons (Fsp3) is 0.318. The van der Waals surface area contributed by atoms with Crippen molar-refractivity contribution < 1.29 is 4.39 Å². The SMILES string of the molecule is Fc1ccc(N2CCCN(Cc3cncn3Cc3ccccc3)CC2)cc1. The summed E-state index contributed by atoms with van der Waals surface area (Å²) in [6.07, 6.45) is 5.00. The van der Waals surface area contributed by atoms with Crippen LogP contribution in [0.4, 0.5) is 10.1 Å². The molecule has 5 heteroatoms. The van der Waals surface area contributed by atoms with E-state index in [1.165, 1.54) is 11.3 Å². The van der Waals surface area contributed by atoms with Gasteiger partial charge in [0.05, 0.1) is 12.0 Å². The van der Waals surface area contributed by atoms with Crippen molar-refractivity contribution >= 4 is 5.69 Å². The second kappa shape index (κ2) is 8.35. The van der Waals surface area contributed by atoms with Crippen molar-refractivity contribution in [1.29, 1.82) is 0 Å². The first kappa shape index (κ1) is 17.7. The van der Waals surface area contributed by atoms with Gasteiger partial charge in [-0.05, 0) is 36.2 Å². The van der Waals surface area contributed by atoms with Gasteiger partial charge in [0.1, 0.15) is 5.82 Å². The Balaban J connectivity index is 1.38. The van der Waals surface area contributed by atoms with E-state index in [0.717, 1.165) is 51.4 Å². The van der Waals surface area contributed by atoms with Gasteiger partial charge in [-0.3, -0.25) is 4.90 Å². The maximum Gasteiger partial charge on any atom is 0.123 e.